The molecule has 0 radical (unpaired) electrons. The van der Waals surface area contributed by atoms with Crippen molar-refractivity contribution in [2.24, 2.45) is 5.92 Å². The van der Waals surface area contributed by atoms with Gasteiger partial charge in [0.05, 0.1) is 8.07 Å². The first-order valence-electron chi connectivity index (χ1n) is 5.62. The summed E-state index contributed by atoms with van der Waals surface area (Å²) in [5.41, 5.74) is 4.33. The summed E-state index contributed by atoms with van der Waals surface area (Å²) < 4.78 is 0. The maximum absolute atomic E-state index is 3.94. The van der Waals surface area contributed by atoms with Gasteiger partial charge in [0.25, 0.3) is 0 Å². The van der Waals surface area contributed by atoms with E-state index in [2.05, 4.69) is 43.3 Å². The van der Waals surface area contributed by atoms with E-state index in [9.17, 15) is 0 Å². The minimum absolute atomic E-state index is 0.923. The third-order valence-electron chi connectivity index (χ3n) is 3.40. The first kappa shape index (κ1) is 11.5. The van der Waals surface area contributed by atoms with Crippen LogP contribution in [0.4, 0.5) is 0 Å². The van der Waals surface area contributed by atoms with Crippen LogP contribution >= 0.6 is 0 Å². The summed E-state index contributed by atoms with van der Waals surface area (Å²) in [4.78, 5) is 0. The second kappa shape index (κ2) is 5.35. The molecule has 0 saturated carbocycles. The van der Waals surface area contributed by atoms with E-state index in [0.29, 0.717) is 0 Å². The molecule has 0 nitrogen and oxygen atoms in total. The van der Waals surface area contributed by atoms with Crippen molar-refractivity contribution in [2.75, 3.05) is 0 Å². The Morgan fingerprint density at radius 2 is 2.07 bits per heavy atom. The summed E-state index contributed by atoms with van der Waals surface area (Å²) >= 11 is 0. The normalized spacial score (nSPS) is 21.9. The molecule has 0 aromatic rings. The van der Waals surface area contributed by atoms with Gasteiger partial charge in [0.15, 0.2) is 0 Å². The van der Waals surface area contributed by atoms with Crippen molar-refractivity contribution in [3.8, 4) is 0 Å². The Morgan fingerprint density at radius 1 is 1.36 bits per heavy atom. The fraction of sp³-hybridized carbons (Fsp3) is 0.538. The van der Waals surface area contributed by atoms with Crippen molar-refractivity contribution in [3.63, 3.8) is 0 Å². The molecule has 0 N–H and O–H groups in total. The number of hydrogen-bond acceptors (Lipinski definition) is 0. The summed E-state index contributed by atoms with van der Waals surface area (Å²) in [6, 6.07) is 1.33. The fourth-order valence-electron chi connectivity index (χ4n) is 1.92. The molecule has 0 bridgehead atoms. The monoisotopic (exact) mass is 206 g/mol. The van der Waals surface area contributed by atoms with Crippen LogP contribution in [0.25, 0.3) is 0 Å². The lowest BCUT2D eigenvalue weighted by atomic mass is 9.92. The molecule has 1 heteroatoms. The predicted molar refractivity (Wildman–Crippen MR) is 67.9 cm³/mol. The zero-order chi connectivity index (χ0) is 10.4. The van der Waals surface area contributed by atoms with Crippen LogP contribution in [-0.4, -0.2) is 8.07 Å². The van der Waals surface area contributed by atoms with Crippen LogP contribution in [0.5, 0.6) is 0 Å². The Hall–Kier alpha value is -0.563. The molecule has 0 saturated heterocycles. The molecule has 0 aromatic heterocycles. The maximum Gasteiger partial charge on any atom is 0.0973 e. The standard InChI is InChI=1S/C13H22Si/c1-4-14(3,5-2)12-11-13-9-7-6-8-10-13/h4-7,13H,1-2,8-12H2,3H3. The van der Waals surface area contributed by atoms with Gasteiger partial charge < -0.3 is 0 Å². The van der Waals surface area contributed by atoms with Gasteiger partial charge in [-0.2, -0.15) is 0 Å². The van der Waals surface area contributed by atoms with Gasteiger partial charge in [-0.15, -0.1) is 13.2 Å². The molecule has 0 heterocycles. The van der Waals surface area contributed by atoms with Crippen molar-refractivity contribution in [3.05, 3.63) is 36.7 Å². The van der Waals surface area contributed by atoms with E-state index in [4.69, 9.17) is 0 Å². The lowest BCUT2D eigenvalue weighted by Crippen LogP contribution is -2.25. The van der Waals surface area contributed by atoms with Gasteiger partial charge in [0, 0.05) is 0 Å². The zero-order valence-corrected chi connectivity index (χ0v) is 10.3. The largest absolute Gasteiger partial charge is 0.107 e. The van der Waals surface area contributed by atoms with Gasteiger partial charge in [-0.05, 0) is 25.2 Å². The van der Waals surface area contributed by atoms with Crippen molar-refractivity contribution in [1.29, 1.82) is 0 Å². The first-order valence-corrected chi connectivity index (χ1v) is 8.48. The van der Waals surface area contributed by atoms with Crippen LogP contribution in [0.3, 0.4) is 0 Å². The van der Waals surface area contributed by atoms with Crippen LogP contribution in [0.15, 0.2) is 36.7 Å². The summed E-state index contributed by atoms with van der Waals surface area (Å²) in [7, 11) is -1.28. The van der Waals surface area contributed by atoms with Gasteiger partial charge in [-0.3, -0.25) is 0 Å². The SMILES string of the molecule is C=C[Si](C)(C=C)CCC1CC=CCC1. The van der Waals surface area contributed by atoms with Crippen molar-refractivity contribution >= 4 is 8.07 Å². The molecular weight excluding hydrogens is 184 g/mol. The van der Waals surface area contributed by atoms with Gasteiger partial charge >= 0.3 is 0 Å². The van der Waals surface area contributed by atoms with E-state index in [1.54, 1.807) is 0 Å². The smallest absolute Gasteiger partial charge is 0.0973 e. The molecule has 1 atom stereocenters. The minimum Gasteiger partial charge on any atom is -0.107 e. The second-order valence-corrected chi connectivity index (χ2v) is 8.93. The van der Waals surface area contributed by atoms with Gasteiger partial charge in [-0.1, -0.05) is 42.6 Å². The maximum atomic E-state index is 3.94. The molecule has 1 aliphatic rings. The second-order valence-electron chi connectivity index (χ2n) is 4.60. The van der Waals surface area contributed by atoms with Gasteiger partial charge in [-0.25, -0.2) is 0 Å². The van der Waals surface area contributed by atoms with E-state index >= 15 is 0 Å². The van der Waals surface area contributed by atoms with Crippen LogP contribution in [0.2, 0.25) is 12.6 Å². The summed E-state index contributed by atoms with van der Waals surface area (Å²) in [6.07, 6.45) is 9.98. The average molecular weight is 206 g/mol. The molecular formula is C13H22Si. The Labute approximate surface area is 89.4 Å². The Kier molecular flexibility index (Phi) is 4.40. The molecule has 0 spiro atoms. The highest BCUT2D eigenvalue weighted by Crippen LogP contribution is 2.26. The van der Waals surface area contributed by atoms with Crippen LogP contribution in [0, 0.1) is 5.92 Å². The van der Waals surface area contributed by atoms with Gasteiger partial charge in [0.1, 0.15) is 0 Å². The first-order chi connectivity index (χ1) is 6.70. The molecule has 0 aliphatic heterocycles. The molecule has 78 valence electrons. The number of allylic oxidation sites excluding steroid dienone is 2. The Balaban J connectivity index is 2.35. The Bertz CT molecular complexity index is 219. The average Bonchev–Trinajstić information content (AvgIpc) is 2.27. The summed E-state index contributed by atoms with van der Waals surface area (Å²) in [5, 5.41) is 0. The van der Waals surface area contributed by atoms with Crippen molar-refractivity contribution < 1.29 is 0 Å². The number of rotatable bonds is 5. The third kappa shape index (κ3) is 3.30. The van der Waals surface area contributed by atoms with E-state index in [0.717, 1.165) is 5.92 Å². The third-order valence-corrected chi connectivity index (χ3v) is 6.63. The van der Waals surface area contributed by atoms with Crippen LogP contribution in [-0.2, 0) is 0 Å². The fourth-order valence-corrected chi connectivity index (χ4v) is 3.53. The summed E-state index contributed by atoms with van der Waals surface area (Å²) in [5.74, 6) is 0.923. The summed E-state index contributed by atoms with van der Waals surface area (Å²) in [6.45, 7) is 10.2. The predicted octanol–water partition coefficient (Wildman–Crippen LogP) is 4.26. The lowest BCUT2D eigenvalue weighted by molar-refractivity contribution is 0.463. The van der Waals surface area contributed by atoms with Crippen molar-refractivity contribution in [1.82, 2.24) is 0 Å². The van der Waals surface area contributed by atoms with E-state index < -0.39 is 8.07 Å². The van der Waals surface area contributed by atoms with Crippen molar-refractivity contribution in [2.45, 2.75) is 38.3 Å². The highest BCUT2D eigenvalue weighted by atomic mass is 28.3. The van der Waals surface area contributed by atoms with E-state index in [1.165, 1.54) is 31.7 Å². The quantitative estimate of drug-likeness (QED) is 0.466. The molecule has 1 aliphatic carbocycles. The molecule has 0 aromatic carbocycles. The topological polar surface area (TPSA) is 0 Å². The number of hydrogen-bond donors (Lipinski definition) is 0. The molecule has 1 rings (SSSR count). The van der Waals surface area contributed by atoms with E-state index in [-0.39, 0.29) is 0 Å². The highest BCUT2D eigenvalue weighted by molar-refractivity contribution is 6.87. The van der Waals surface area contributed by atoms with Gasteiger partial charge in [0.2, 0.25) is 0 Å². The van der Waals surface area contributed by atoms with Crippen LogP contribution < -0.4 is 0 Å². The highest BCUT2D eigenvalue weighted by Gasteiger charge is 2.20. The molecule has 1 unspecified atom stereocenters. The lowest BCUT2D eigenvalue weighted by Gasteiger charge is -2.23. The molecule has 0 fully saturated rings. The Morgan fingerprint density at radius 3 is 2.57 bits per heavy atom. The molecule has 0 amide bonds. The van der Waals surface area contributed by atoms with Crippen LogP contribution in [0.1, 0.15) is 25.7 Å². The zero-order valence-electron chi connectivity index (χ0n) is 9.34. The minimum atomic E-state index is -1.28. The molecule has 14 heavy (non-hydrogen) atoms. The van der Waals surface area contributed by atoms with E-state index in [1.807, 2.05) is 0 Å².